The van der Waals surface area contributed by atoms with E-state index in [-0.39, 0.29) is 17.2 Å². The van der Waals surface area contributed by atoms with Gasteiger partial charge in [0.05, 0.1) is 18.8 Å². The number of hydrogen-bond donors (Lipinski definition) is 2. The molecule has 0 aromatic heterocycles. The van der Waals surface area contributed by atoms with Crippen molar-refractivity contribution in [2.45, 2.75) is 0 Å². The van der Waals surface area contributed by atoms with Crippen LogP contribution in [0.25, 0.3) is 0 Å². The fourth-order valence-corrected chi connectivity index (χ4v) is 1.46. The number of ether oxygens (including phenoxy) is 1. The summed E-state index contributed by atoms with van der Waals surface area (Å²) in [5.74, 6) is -0.0729. The maximum atomic E-state index is 11.6. The van der Waals surface area contributed by atoms with E-state index in [9.17, 15) is 9.90 Å². The van der Waals surface area contributed by atoms with Crippen molar-refractivity contribution in [1.82, 2.24) is 5.32 Å². The minimum atomic E-state index is -0.389. The average molecular weight is 278 g/mol. The standard InChI is InChI=1S/C11H13Cl2NO3/c12-3-5-17-6-4-14-11(16)9-7-8(13)1-2-10(9)15/h1-2,7,15H,3-6H2,(H,14,16). The molecule has 0 atom stereocenters. The van der Waals surface area contributed by atoms with Gasteiger partial charge >= 0.3 is 0 Å². The van der Waals surface area contributed by atoms with Crippen LogP contribution in [0.2, 0.25) is 5.02 Å². The number of benzene rings is 1. The number of aromatic hydroxyl groups is 1. The first-order valence-electron chi connectivity index (χ1n) is 5.05. The van der Waals surface area contributed by atoms with Crippen molar-refractivity contribution >= 4 is 29.1 Å². The summed E-state index contributed by atoms with van der Waals surface area (Å²) in [6, 6.07) is 4.30. The zero-order chi connectivity index (χ0) is 12.7. The van der Waals surface area contributed by atoms with Gasteiger partial charge in [0.15, 0.2) is 0 Å². The van der Waals surface area contributed by atoms with Gasteiger partial charge in [-0.05, 0) is 18.2 Å². The van der Waals surface area contributed by atoms with Gasteiger partial charge in [0, 0.05) is 17.4 Å². The quantitative estimate of drug-likeness (QED) is 0.618. The molecule has 4 nitrogen and oxygen atoms in total. The molecule has 2 N–H and O–H groups in total. The van der Waals surface area contributed by atoms with Crippen molar-refractivity contribution in [2.75, 3.05) is 25.6 Å². The Morgan fingerprint density at radius 2 is 2.18 bits per heavy atom. The smallest absolute Gasteiger partial charge is 0.255 e. The molecule has 6 heteroatoms. The van der Waals surface area contributed by atoms with Crippen LogP contribution < -0.4 is 5.32 Å². The molecule has 94 valence electrons. The molecule has 0 aliphatic heterocycles. The van der Waals surface area contributed by atoms with Gasteiger partial charge in [0.25, 0.3) is 5.91 Å². The van der Waals surface area contributed by atoms with Crippen LogP contribution in [0.3, 0.4) is 0 Å². The molecule has 0 aliphatic carbocycles. The SMILES string of the molecule is O=C(NCCOCCCl)c1cc(Cl)ccc1O. The number of carbonyl (C=O) groups excluding carboxylic acids is 1. The van der Waals surface area contributed by atoms with Crippen LogP contribution >= 0.6 is 23.2 Å². The first-order valence-corrected chi connectivity index (χ1v) is 5.97. The Hall–Kier alpha value is -0.970. The summed E-state index contributed by atoms with van der Waals surface area (Å²) in [4.78, 5) is 11.6. The Morgan fingerprint density at radius 1 is 1.41 bits per heavy atom. The normalized spacial score (nSPS) is 10.2. The predicted octanol–water partition coefficient (Wildman–Crippen LogP) is 2.03. The van der Waals surface area contributed by atoms with Gasteiger partial charge in [0.1, 0.15) is 5.75 Å². The Morgan fingerprint density at radius 3 is 2.88 bits per heavy atom. The Balaban J connectivity index is 2.44. The molecule has 0 aliphatic rings. The highest BCUT2D eigenvalue weighted by Gasteiger charge is 2.10. The summed E-state index contributed by atoms with van der Waals surface area (Å²) >= 11 is 11.2. The molecule has 1 amide bonds. The van der Waals surface area contributed by atoms with E-state index in [1.165, 1.54) is 18.2 Å². The van der Waals surface area contributed by atoms with Crippen LogP contribution in [0, 0.1) is 0 Å². The number of phenols is 1. The monoisotopic (exact) mass is 277 g/mol. The summed E-state index contributed by atoms with van der Waals surface area (Å²) < 4.78 is 5.09. The molecule has 1 aromatic rings. The van der Waals surface area contributed by atoms with Crippen LogP contribution in [0.5, 0.6) is 5.75 Å². The fraction of sp³-hybridized carbons (Fsp3) is 0.364. The second-order valence-electron chi connectivity index (χ2n) is 3.22. The second-order valence-corrected chi connectivity index (χ2v) is 4.03. The van der Waals surface area contributed by atoms with Crippen LogP contribution in [-0.4, -0.2) is 36.7 Å². The van der Waals surface area contributed by atoms with Crippen molar-refractivity contribution in [3.8, 4) is 5.75 Å². The molecule has 0 spiro atoms. The van der Waals surface area contributed by atoms with E-state index in [1.54, 1.807) is 0 Å². The minimum Gasteiger partial charge on any atom is -0.507 e. The lowest BCUT2D eigenvalue weighted by Crippen LogP contribution is -2.27. The highest BCUT2D eigenvalue weighted by molar-refractivity contribution is 6.31. The molecule has 0 saturated carbocycles. The second kappa shape index (κ2) is 7.37. The number of phenolic OH excluding ortho intramolecular Hbond substituents is 1. The predicted molar refractivity (Wildman–Crippen MR) is 67.0 cm³/mol. The Labute approximate surface area is 109 Å². The highest BCUT2D eigenvalue weighted by atomic mass is 35.5. The zero-order valence-electron chi connectivity index (χ0n) is 9.08. The third-order valence-corrected chi connectivity index (χ3v) is 2.35. The summed E-state index contributed by atoms with van der Waals surface area (Å²) in [5.41, 5.74) is 0.148. The maximum absolute atomic E-state index is 11.6. The summed E-state index contributed by atoms with van der Waals surface area (Å²) in [7, 11) is 0. The lowest BCUT2D eigenvalue weighted by Gasteiger charge is -2.07. The van der Waals surface area contributed by atoms with Crippen molar-refractivity contribution in [3.63, 3.8) is 0 Å². The topological polar surface area (TPSA) is 58.6 Å². The van der Waals surface area contributed by atoms with Gasteiger partial charge in [-0.3, -0.25) is 4.79 Å². The molecule has 0 fully saturated rings. The Bertz CT molecular complexity index is 385. The summed E-state index contributed by atoms with van der Waals surface area (Å²) in [6.07, 6.45) is 0. The van der Waals surface area contributed by atoms with E-state index in [1.807, 2.05) is 0 Å². The number of amides is 1. The number of carbonyl (C=O) groups is 1. The molecule has 17 heavy (non-hydrogen) atoms. The molecule has 0 bridgehead atoms. The van der Waals surface area contributed by atoms with Crippen molar-refractivity contribution in [3.05, 3.63) is 28.8 Å². The largest absolute Gasteiger partial charge is 0.507 e. The number of rotatable bonds is 6. The highest BCUT2D eigenvalue weighted by Crippen LogP contribution is 2.20. The first kappa shape index (κ1) is 14.1. The first-order chi connectivity index (χ1) is 8.15. The number of hydrogen-bond acceptors (Lipinski definition) is 3. The fourth-order valence-electron chi connectivity index (χ4n) is 1.18. The lowest BCUT2D eigenvalue weighted by molar-refractivity contribution is 0.0921. The van der Waals surface area contributed by atoms with Gasteiger partial charge < -0.3 is 15.2 Å². The molecule has 1 rings (SSSR count). The average Bonchev–Trinajstić information content (AvgIpc) is 2.32. The van der Waals surface area contributed by atoms with Gasteiger partial charge in [-0.1, -0.05) is 11.6 Å². The molecule has 0 heterocycles. The summed E-state index contributed by atoms with van der Waals surface area (Å²) in [6.45, 7) is 1.17. The zero-order valence-corrected chi connectivity index (χ0v) is 10.6. The third kappa shape index (κ3) is 4.81. The van der Waals surface area contributed by atoms with Gasteiger partial charge in [-0.15, -0.1) is 11.6 Å². The third-order valence-electron chi connectivity index (χ3n) is 1.96. The van der Waals surface area contributed by atoms with E-state index < -0.39 is 0 Å². The molecular weight excluding hydrogens is 265 g/mol. The van der Waals surface area contributed by atoms with Crippen LogP contribution in [0.4, 0.5) is 0 Å². The molecule has 0 unspecified atom stereocenters. The summed E-state index contributed by atoms with van der Waals surface area (Å²) in [5, 5.41) is 12.5. The Kier molecular flexibility index (Phi) is 6.11. The van der Waals surface area contributed by atoms with E-state index in [0.29, 0.717) is 30.7 Å². The molecule has 0 saturated heterocycles. The van der Waals surface area contributed by atoms with E-state index in [2.05, 4.69) is 5.32 Å². The van der Waals surface area contributed by atoms with Gasteiger partial charge in [-0.25, -0.2) is 0 Å². The molecule has 0 radical (unpaired) electrons. The van der Waals surface area contributed by atoms with Crippen molar-refractivity contribution in [1.29, 1.82) is 0 Å². The van der Waals surface area contributed by atoms with Gasteiger partial charge in [0.2, 0.25) is 0 Å². The maximum Gasteiger partial charge on any atom is 0.255 e. The molecule has 1 aromatic carbocycles. The van der Waals surface area contributed by atoms with Crippen molar-refractivity contribution in [2.24, 2.45) is 0 Å². The minimum absolute atomic E-state index is 0.103. The van der Waals surface area contributed by atoms with Crippen molar-refractivity contribution < 1.29 is 14.6 Å². The number of halogens is 2. The van der Waals surface area contributed by atoms with E-state index in [4.69, 9.17) is 27.9 Å². The van der Waals surface area contributed by atoms with Crippen LogP contribution in [0.1, 0.15) is 10.4 Å². The lowest BCUT2D eigenvalue weighted by atomic mass is 10.2. The van der Waals surface area contributed by atoms with Crippen LogP contribution in [0.15, 0.2) is 18.2 Å². The van der Waals surface area contributed by atoms with E-state index >= 15 is 0 Å². The van der Waals surface area contributed by atoms with E-state index in [0.717, 1.165) is 0 Å². The van der Waals surface area contributed by atoms with Gasteiger partial charge in [-0.2, -0.15) is 0 Å². The number of alkyl halides is 1. The van der Waals surface area contributed by atoms with Crippen LogP contribution in [-0.2, 0) is 4.74 Å². The molecular formula is C11H13Cl2NO3. The number of nitrogens with one attached hydrogen (secondary N) is 1.